The average Bonchev–Trinajstić information content (AvgIpc) is 3.15. The molecule has 0 bridgehead atoms. The van der Waals surface area contributed by atoms with Crippen LogP contribution in [0, 0.1) is 0 Å². The zero-order valence-corrected chi connectivity index (χ0v) is 16.0. The SMILES string of the molecule is CC(C)n1cnnc1CCNC(=O)N(C)Cc1n[nH]c2c1CCCCC2. The van der Waals surface area contributed by atoms with Crippen LogP contribution in [0.5, 0.6) is 0 Å². The van der Waals surface area contributed by atoms with E-state index >= 15 is 0 Å². The Bertz CT molecular complexity index is 734. The summed E-state index contributed by atoms with van der Waals surface area (Å²) in [5.74, 6) is 0.889. The van der Waals surface area contributed by atoms with Gasteiger partial charge < -0.3 is 14.8 Å². The topological polar surface area (TPSA) is 91.7 Å². The number of aromatic amines is 1. The highest BCUT2D eigenvalue weighted by Crippen LogP contribution is 2.22. The Kier molecular flexibility index (Phi) is 5.90. The minimum absolute atomic E-state index is 0.0917. The molecular formula is C18H29N7O. The molecule has 0 unspecified atom stereocenters. The van der Waals surface area contributed by atoms with E-state index < -0.39 is 0 Å². The Morgan fingerprint density at radius 1 is 1.35 bits per heavy atom. The van der Waals surface area contributed by atoms with Gasteiger partial charge in [-0.1, -0.05) is 6.42 Å². The second-order valence-corrected chi connectivity index (χ2v) is 7.27. The van der Waals surface area contributed by atoms with E-state index in [-0.39, 0.29) is 6.03 Å². The van der Waals surface area contributed by atoms with Crippen LogP contribution in [0.1, 0.15) is 61.9 Å². The van der Waals surface area contributed by atoms with E-state index in [1.54, 1.807) is 11.2 Å². The third-order valence-electron chi connectivity index (χ3n) is 4.95. The number of aryl methyl sites for hydroxylation is 1. The summed E-state index contributed by atoms with van der Waals surface area (Å²) < 4.78 is 2.02. The van der Waals surface area contributed by atoms with E-state index in [9.17, 15) is 4.79 Å². The average molecular weight is 359 g/mol. The van der Waals surface area contributed by atoms with Crippen molar-refractivity contribution in [3.8, 4) is 0 Å². The summed E-state index contributed by atoms with van der Waals surface area (Å²) in [6.07, 6.45) is 8.19. The zero-order valence-electron chi connectivity index (χ0n) is 16.0. The highest BCUT2D eigenvalue weighted by molar-refractivity contribution is 5.73. The second kappa shape index (κ2) is 8.33. The van der Waals surface area contributed by atoms with E-state index in [4.69, 9.17) is 0 Å². The molecule has 0 fully saturated rings. The normalized spacial score (nSPS) is 14.2. The highest BCUT2D eigenvalue weighted by Gasteiger charge is 2.18. The van der Waals surface area contributed by atoms with Gasteiger partial charge in [0, 0.05) is 31.7 Å². The quantitative estimate of drug-likeness (QED) is 0.774. The molecule has 0 atom stereocenters. The lowest BCUT2D eigenvalue weighted by Gasteiger charge is -2.18. The number of nitrogens with zero attached hydrogens (tertiary/aromatic N) is 5. The molecule has 0 saturated heterocycles. The molecule has 2 aromatic rings. The molecule has 142 valence electrons. The number of urea groups is 1. The van der Waals surface area contributed by atoms with E-state index in [0.29, 0.717) is 25.6 Å². The van der Waals surface area contributed by atoms with Gasteiger partial charge in [0.05, 0.1) is 12.2 Å². The summed E-state index contributed by atoms with van der Waals surface area (Å²) in [6.45, 7) is 5.24. The molecule has 3 rings (SSSR count). The van der Waals surface area contributed by atoms with Gasteiger partial charge in [0.25, 0.3) is 0 Å². The Morgan fingerprint density at radius 3 is 2.96 bits per heavy atom. The molecule has 0 aliphatic heterocycles. The maximum Gasteiger partial charge on any atom is 0.317 e. The molecule has 0 saturated carbocycles. The van der Waals surface area contributed by atoms with Crippen molar-refractivity contribution >= 4 is 6.03 Å². The second-order valence-electron chi connectivity index (χ2n) is 7.27. The smallest absolute Gasteiger partial charge is 0.317 e. The fourth-order valence-corrected chi connectivity index (χ4v) is 3.45. The van der Waals surface area contributed by atoms with Crippen molar-refractivity contribution in [1.29, 1.82) is 0 Å². The summed E-state index contributed by atoms with van der Waals surface area (Å²) >= 11 is 0. The lowest BCUT2D eigenvalue weighted by atomic mass is 10.1. The van der Waals surface area contributed by atoms with Crippen molar-refractivity contribution in [3.05, 3.63) is 29.1 Å². The van der Waals surface area contributed by atoms with Crippen LogP contribution < -0.4 is 5.32 Å². The number of carbonyl (C=O) groups is 1. The van der Waals surface area contributed by atoms with Crippen molar-refractivity contribution in [1.82, 2.24) is 35.2 Å². The first-order valence-corrected chi connectivity index (χ1v) is 9.48. The van der Waals surface area contributed by atoms with Gasteiger partial charge in [0.1, 0.15) is 12.2 Å². The fourth-order valence-electron chi connectivity index (χ4n) is 3.45. The van der Waals surface area contributed by atoms with Gasteiger partial charge in [-0.2, -0.15) is 5.10 Å². The van der Waals surface area contributed by atoms with Crippen LogP contribution >= 0.6 is 0 Å². The standard InChI is InChI=1S/C18H29N7O/c1-13(2)25-12-20-23-17(25)9-10-19-18(26)24(3)11-16-14-7-5-4-6-8-15(14)21-22-16/h12-13H,4-11H2,1-3H3,(H,19,26)(H,21,22). The van der Waals surface area contributed by atoms with Gasteiger partial charge in [-0.05, 0) is 45.1 Å². The number of aromatic nitrogens is 5. The largest absolute Gasteiger partial charge is 0.338 e. The molecule has 1 aliphatic rings. The van der Waals surface area contributed by atoms with Crippen molar-refractivity contribution in [2.24, 2.45) is 0 Å². The molecule has 8 nitrogen and oxygen atoms in total. The number of hydrogen-bond acceptors (Lipinski definition) is 4. The molecule has 8 heteroatoms. The van der Waals surface area contributed by atoms with Crippen LogP contribution in [0.15, 0.2) is 6.33 Å². The molecule has 0 radical (unpaired) electrons. The first kappa shape index (κ1) is 18.4. The van der Waals surface area contributed by atoms with Gasteiger partial charge >= 0.3 is 6.03 Å². The molecule has 0 spiro atoms. The summed E-state index contributed by atoms with van der Waals surface area (Å²) in [5.41, 5.74) is 3.56. The molecule has 0 aromatic carbocycles. The summed E-state index contributed by atoms with van der Waals surface area (Å²) in [7, 11) is 1.81. The third-order valence-corrected chi connectivity index (χ3v) is 4.95. The predicted octanol–water partition coefficient (Wildman–Crippen LogP) is 2.24. The molecule has 1 aliphatic carbocycles. The number of nitrogens with one attached hydrogen (secondary N) is 2. The monoisotopic (exact) mass is 359 g/mol. The molecule has 2 heterocycles. The van der Waals surface area contributed by atoms with Crippen LogP contribution in [0.3, 0.4) is 0 Å². The lowest BCUT2D eigenvalue weighted by molar-refractivity contribution is 0.206. The van der Waals surface area contributed by atoms with Crippen LogP contribution in [0.25, 0.3) is 0 Å². The number of rotatable bonds is 6. The van der Waals surface area contributed by atoms with E-state index in [2.05, 4.69) is 39.6 Å². The van der Waals surface area contributed by atoms with E-state index in [0.717, 1.165) is 24.4 Å². The van der Waals surface area contributed by atoms with E-state index in [1.807, 2.05) is 11.6 Å². The number of H-pyrrole nitrogens is 1. The van der Waals surface area contributed by atoms with Crippen molar-refractivity contribution in [3.63, 3.8) is 0 Å². The lowest BCUT2D eigenvalue weighted by Crippen LogP contribution is -2.38. The molecule has 2 N–H and O–H groups in total. The van der Waals surface area contributed by atoms with Gasteiger partial charge in [-0.15, -0.1) is 10.2 Å². The van der Waals surface area contributed by atoms with Crippen molar-refractivity contribution in [2.45, 2.75) is 65.0 Å². The van der Waals surface area contributed by atoms with Crippen LogP contribution in [-0.4, -0.2) is 49.5 Å². The van der Waals surface area contributed by atoms with Crippen molar-refractivity contribution < 1.29 is 4.79 Å². The first-order valence-electron chi connectivity index (χ1n) is 9.48. The maximum atomic E-state index is 12.4. The van der Waals surface area contributed by atoms with Crippen LogP contribution in [0.2, 0.25) is 0 Å². The van der Waals surface area contributed by atoms with Gasteiger partial charge in [-0.25, -0.2) is 4.79 Å². The molecular weight excluding hydrogens is 330 g/mol. The maximum absolute atomic E-state index is 12.4. The summed E-state index contributed by atoms with van der Waals surface area (Å²) in [4.78, 5) is 14.1. The fraction of sp³-hybridized carbons (Fsp3) is 0.667. The summed E-state index contributed by atoms with van der Waals surface area (Å²) in [6, 6.07) is 0.222. The number of carbonyl (C=O) groups excluding carboxylic acids is 1. The summed E-state index contributed by atoms with van der Waals surface area (Å²) in [5, 5.41) is 18.7. The third kappa shape index (κ3) is 4.23. The first-order chi connectivity index (χ1) is 12.6. The molecule has 2 amide bonds. The highest BCUT2D eigenvalue weighted by atomic mass is 16.2. The Labute approximate surface area is 154 Å². The number of hydrogen-bond donors (Lipinski definition) is 2. The van der Waals surface area contributed by atoms with Gasteiger partial charge in [-0.3, -0.25) is 5.10 Å². The van der Waals surface area contributed by atoms with Crippen molar-refractivity contribution in [2.75, 3.05) is 13.6 Å². The minimum atomic E-state index is -0.0917. The van der Waals surface area contributed by atoms with Gasteiger partial charge in [0.15, 0.2) is 0 Å². The van der Waals surface area contributed by atoms with E-state index in [1.165, 1.54) is 30.5 Å². The van der Waals surface area contributed by atoms with Crippen LogP contribution in [-0.2, 0) is 25.8 Å². The Hall–Kier alpha value is -2.38. The van der Waals surface area contributed by atoms with Crippen LogP contribution in [0.4, 0.5) is 4.79 Å². The minimum Gasteiger partial charge on any atom is -0.338 e. The van der Waals surface area contributed by atoms with Gasteiger partial charge in [0.2, 0.25) is 0 Å². The number of fused-ring (bicyclic) bond motifs is 1. The predicted molar refractivity (Wildman–Crippen MR) is 98.8 cm³/mol. The molecule has 26 heavy (non-hydrogen) atoms. The Morgan fingerprint density at radius 2 is 2.15 bits per heavy atom. The zero-order chi connectivity index (χ0) is 18.5. The number of amides is 2. The Balaban J connectivity index is 1.51. The molecule has 2 aromatic heterocycles.